The number of hydrogen-bond donors (Lipinski definition) is 2. The molecule has 25 heavy (non-hydrogen) atoms. The van der Waals surface area contributed by atoms with Crippen molar-refractivity contribution in [1.29, 1.82) is 0 Å². The van der Waals surface area contributed by atoms with E-state index in [4.69, 9.17) is 11.6 Å². The molecule has 2 N–H and O–H groups in total. The molecule has 1 atom stereocenters. The zero-order valence-electron chi connectivity index (χ0n) is 13.9. The maximum absolute atomic E-state index is 12.3. The third kappa shape index (κ3) is 5.85. The minimum atomic E-state index is -0.472. The molecule has 0 aliphatic heterocycles. The van der Waals surface area contributed by atoms with Gasteiger partial charge in [0.1, 0.15) is 0 Å². The normalized spacial score (nSPS) is 11.9. The Morgan fingerprint density at radius 2 is 1.76 bits per heavy atom. The second kappa shape index (κ2) is 8.99. The van der Waals surface area contributed by atoms with Gasteiger partial charge >= 0.3 is 0 Å². The summed E-state index contributed by atoms with van der Waals surface area (Å²) >= 11 is 9.21. The van der Waals surface area contributed by atoms with Crippen LogP contribution >= 0.6 is 27.5 Å². The van der Waals surface area contributed by atoms with Gasteiger partial charge in [-0.3, -0.25) is 14.5 Å². The van der Waals surface area contributed by atoms with Gasteiger partial charge in [-0.25, -0.2) is 0 Å². The van der Waals surface area contributed by atoms with Gasteiger partial charge in [0.2, 0.25) is 11.8 Å². The number of amides is 2. The molecule has 1 unspecified atom stereocenters. The maximum atomic E-state index is 12.3. The lowest BCUT2D eigenvalue weighted by Gasteiger charge is -2.23. The van der Waals surface area contributed by atoms with E-state index < -0.39 is 6.04 Å². The van der Waals surface area contributed by atoms with Crippen molar-refractivity contribution in [1.82, 2.24) is 4.90 Å². The standard InChI is InChI=1S/C18H19BrClN3O2/c1-12(18(25)21-14-9-7-13(20)8-10-14)23(2)11-17(24)22-16-6-4-3-5-15(16)19/h3-10,12H,11H2,1-2H3,(H,21,25)(H,22,24). The molecule has 5 nitrogen and oxygen atoms in total. The van der Waals surface area contributed by atoms with Crippen LogP contribution in [0.4, 0.5) is 11.4 Å². The fraction of sp³-hybridized carbons (Fsp3) is 0.222. The smallest absolute Gasteiger partial charge is 0.241 e. The average Bonchev–Trinajstić information content (AvgIpc) is 2.58. The van der Waals surface area contributed by atoms with Crippen LogP contribution in [0.1, 0.15) is 6.92 Å². The Morgan fingerprint density at radius 3 is 2.40 bits per heavy atom. The van der Waals surface area contributed by atoms with Gasteiger partial charge < -0.3 is 10.6 Å². The van der Waals surface area contributed by atoms with Gasteiger partial charge in [0.15, 0.2) is 0 Å². The third-order valence-electron chi connectivity index (χ3n) is 3.69. The molecule has 0 aliphatic carbocycles. The molecule has 0 bridgehead atoms. The number of halogens is 2. The van der Waals surface area contributed by atoms with Crippen molar-refractivity contribution in [3.63, 3.8) is 0 Å². The Hall–Kier alpha value is -1.89. The van der Waals surface area contributed by atoms with E-state index in [1.54, 1.807) is 49.2 Å². The van der Waals surface area contributed by atoms with Gasteiger partial charge in [-0.05, 0) is 66.3 Å². The van der Waals surface area contributed by atoms with Crippen molar-refractivity contribution in [2.24, 2.45) is 0 Å². The number of carbonyl (C=O) groups excluding carboxylic acids is 2. The summed E-state index contributed by atoms with van der Waals surface area (Å²) in [7, 11) is 1.73. The van der Waals surface area contributed by atoms with Crippen LogP contribution in [0.2, 0.25) is 5.02 Å². The van der Waals surface area contributed by atoms with Crippen molar-refractivity contribution in [2.45, 2.75) is 13.0 Å². The van der Waals surface area contributed by atoms with Gasteiger partial charge in [-0.15, -0.1) is 0 Å². The first-order valence-electron chi connectivity index (χ1n) is 7.68. The van der Waals surface area contributed by atoms with Gasteiger partial charge in [0.05, 0.1) is 18.3 Å². The topological polar surface area (TPSA) is 61.4 Å². The maximum Gasteiger partial charge on any atom is 0.241 e. The number of nitrogens with zero attached hydrogens (tertiary/aromatic N) is 1. The fourth-order valence-corrected chi connectivity index (χ4v) is 2.61. The number of rotatable bonds is 6. The third-order valence-corrected chi connectivity index (χ3v) is 4.64. The zero-order chi connectivity index (χ0) is 18.4. The van der Waals surface area contributed by atoms with Crippen LogP contribution in [-0.4, -0.2) is 36.3 Å². The van der Waals surface area contributed by atoms with E-state index >= 15 is 0 Å². The molecule has 0 aromatic heterocycles. The first-order chi connectivity index (χ1) is 11.9. The van der Waals surface area contributed by atoms with E-state index in [-0.39, 0.29) is 18.4 Å². The van der Waals surface area contributed by atoms with E-state index in [9.17, 15) is 9.59 Å². The SMILES string of the molecule is CC(C(=O)Nc1ccc(Cl)cc1)N(C)CC(=O)Nc1ccccc1Br. The molecule has 0 radical (unpaired) electrons. The van der Waals surface area contributed by atoms with E-state index in [0.29, 0.717) is 16.4 Å². The van der Waals surface area contributed by atoms with E-state index in [1.165, 1.54) is 0 Å². The highest BCUT2D eigenvalue weighted by atomic mass is 79.9. The number of hydrogen-bond acceptors (Lipinski definition) is 3. The summed E-state index contributed by atoms with van der Waals surface area (Å²) in [5.74, 6) is -0.390. The average molecular weight is 425 g/mol. The molecular formula is C18H19BrClN3O2. The predicted molar refractivity (Wildman–Crippen MR) is 105 cm³/mol. The second-order valence-electron chi connectivity index (χ2n) is 5.62. The Bertz CT molecular complexity index is 752. The van der Waals surface area contributed by atoms with E-state index in [2.05, 4.69) is 26.6 Å². The van der Waals surface area contributed by atoms with Crippen molar-refractivity contribution < 1.29 is 9.59 Å². The lowest BCUT2D eigenvalue weighted by atomic mass is 10.2. The molecule has 7 heteroatoms. The van der Waals surface area contributed by atoms with Crippen molar-refractivity contribution in [3.05, 3.63) is 58.0 Å². The first-order valence-corrected chi connectivity index (χ1v) is 8.85. The Balaban J connectivity index is 1.89. The number of nitrogens with one attached hydrogen (secondary N) is 2. The summed E-state index contributed by atoms with van der Waals surface area (Å²) in [6, 6.07) is 13.8. The minimum Gasteiger partial charge on any atom is -0.325 e. The molecule has 0 spiro atoms. The molecule has 0 aliphatic rings. The van der Waals surface area contributed by atoms with Crippen LogP contribution < -0.4 is 10.6 Å². The Kier molecular flexibility index (Phi) is 6.99. The zero-order valence-corrected chi connectivity index (χ0v) is 16.3. The summed E-state index contributed by atoms with van der Waals surface area (Å²) in [6.07, 6.45) is 0. The van der Waals surface area contributed by atoms with Crippen LogP contribution in [0.15, 0.2) is 53.0 Å². The number of anilines is 2. The largest absolute Gasteiger partial charge is 0.325 e. The monoisotopic (exact) mass is 423 g/mol. The van der Waals surface area contributed by atoms with Crippen LogP contribution in [-0.2, 0) is 9.59 Å². The van der Waals surface area contributed by atoms with Crippen molar-refractivity contribution in [2.75, 3.05) is 24.2 Å². The van der Waals surface area contributed by atoms with Crippen molar-refractivity contribution in [3.8, 4) is 0 Å². The molecule has 2 rings (SSSR count). The highest BCUT2D eigenvalue weighted by Gasteiger charge is 2.20. The van der Waals surface area contributed by atoms with Gasteiger partial charge in [0, 0.05) is 15.2 Å². The summed E-state index contributed by atoms with van der Waals surface area (Å²) in [5.41, 5.74) is 1.35. The number of benzene rings is 2. The summed E-state index contributed by atoms with van der Waals surface area (Å²) < 4.78 is 0.805. The molecule has 2 aromatic rings. The highest BCUT2D eigenvalue weighted by Crippen LogP contribution is 2.21. The highest BCUT2D eigenvalue weighted by molar-refractivity contribution is 9.10. The number of para-hydroxylation sites is 1. The van der Waals surface area contributed by atoms with Crippen LogP contribution in [0.25, 0.3) is 0 Å². The van der Waals surface area contributed by atoms with Crippen molar-refractivity contribution >= 4 is 50.7 Å². The number of likely N-dealkylation sites (N-methyl/N-ethyl adjacent to an activating group) is 1. The predicted octanol–water partition coefficient (Wildman–Crippen LogP) is 4.00. The van der Waals surface area contributed by atoms with E-state index in [1.807, 2.05) is 18.2 Å². The Morgan fingerprint density at radius 1 is 1.12 bits per heavy atom. The van der Waals surface area contributed by atoms with Gasteiger partial charge in [-0.1, -0.05) is 23.7 Å². The van der Waals surface area contributed by atoms with Gasteiger partial charge in [-0.2, -0.15) is 0 Å². The lowest BCUT2D eigenvalue weighted by molar-refractivity contribution is -0.122. The Labute approximate surface area is 160 Å². The molecule has 0 saturated carbocycles. The van der Waals surface area contributed by atoms with Gasteiger partial charge in [0.25, 0.3) is 0 Å². The fourth-order valence-electron chi connectivity index (χ4n) is 2.10. The quantitative estimate of drug-likeness (QED) is 0.737. The molecule has 0 saturated heterocycles. The summed E-state index contributed by atoms with van der Waals surface area (Å²) in [6.45, 7) is 1.84. The summed E-state index contributed by atoms with van der Waals surface area (Å²) in [5, 5.41) is 6.22. The van der Waals surface area contributed by atoms with E-state index in [0.717, 1.165) is 4.47 Å². The number of carbonyl (C=O) groups is 2. The second-order valence-corrected chi connectivity index (χ2v) is 6.91. The molecule has 2 aromatic carbocycles. The molecule has 0 fully saturated rings. The molecule has 0 heterocycles. The van der Waals surface area contributed by atoms with Crippen LogP contribution in [0, 0.1) is 0 Å². The van der Waals surface area contributed by atoms with Crippen LogP contribution in [0.5, 0.6) is 0 Å². The molecule has 132 valence electrons. The molecular weight excluding hydrogens is 406 g/mol. The summed E-state index contributed by atoms with van der Waals surface area (Å²) in [4.78, 5) is 26.2. The molecule has 2 amide bonds. The first kappa shape index (κ1) is 19.4. The minimum absolute atomic E-state index is 0.0938. The lowest BCUT2D eigenvalue weighted by Crippen LogP contribution is -2.43. The van der Waals surface area contributed by atoms with Crippen LogP contribution in [0.3, 0.4) is 0 Å².